The van der Waals surface area contributed by atoms with Crippen LogP contribution in [0.3, 0.4) is 0 Å². The lowest BCUT2D eigenvalue weighted by atomic mass is 10.0. The molecule has 0 aliphatic heterocycles. The maximum absolute atomic E-state index is 13.0. The first-order valence-corrected chi connectivity index (χ1v) is 13.1. The fourth-order valence-electron chi connectivity index (χ4n) is 4.63. The number of allylic oxidation sites excluding steroid dienone is 1. The highest BCUT2D eigenvalue weighted by atomic mass is 32.2. The van der Waals surface area contributed by atoms with Gasteiger partial charge in [-0.2, -0.15) is 0 Å². The summed E-state index contributed by atoms with van der Waals surface area (Å²) in [6, 6.07) is 5.08. The minimum atomic E-state index is -3.66. The van der Waals surface area contributed by atoms with Crippen LogP contribution in [0, 0.1) is 6.92 Å². The number of aromatic hydroxyl groups is 1. The Hall–Kier alpha value is -3.12. The topological polar surface area (TPSA) is 159 Å². The van der Waals surface area contributed by atoms with Crippen molar-refractivity contribution in [2.45, 2.75) is 43.2 Å². The summed E-state index contributed by atoms with van der Waals surface area (Å²) in [5.74, 6) is -0.353. The van der Waals surface area contributed by atoms with E-state index in [0.717, 1.165) is 18.4 Å². The molecule has 1 aromatic carbocycles. The van der Waals surface area contributed by atoms with Gasteiger partial charge in [-0.05, 0) is 57.0 Å². The number of benzene rings is 1. The van der Waals surface area contributed by atoms with Gasteiger partial charge in [0.25, 0.3) is 5.91 Å². The van der Waals surface area contributed by atoms with Crippen LogP contribution in [0.4, 0.5) is 0 Å². The van der Waals surface area contributed by atoms with Gasteiger partial charge in [0.1, 0.15) is 0 Å². The molecule has 186 valence electrons. The van der Waals surface area contributed by atoms with Crippen LogP contribution >= 0.6 is 0 Å². The van der Waals surface area contributed by atoms with E-state index in [4.69, 9.17) is 0 Å². The second-order valence-corrected chi connectivity index (χ2v) is 11.0. The molecule has 7 N–H and O–H groups in total. The molecule has 0 bridgehead atoms. The van der Waals surface area contributed by atoms with Crippen LogP contribution < -0.4 is 15.4 Å². The SMILES string of the molecule is CNS(=O)(=O)c1ccc2[nH]c(O)c(C3=CCc4c3[nH]c(C)c4C(=O)NCC(O)CNC3CC3)c2c1. The molecule has 2 aliphatic rings. The van der Waals surface area contributed by atoms with E-state index >= 15 is 0 Å². The number of fused-ring (bicyclic) bond motifs is 2. The Bertz CT molecular complexity index is 1450. The molecule has 3 aromatic rings. The number of carbonyl (C=O) groups excluding carboxylic acids is 1. The van der Waals surface area contributed by atoms with Crippen molar-refractivity contribution in [2.24, 2.45) is 0 Å². The Kier molecular flexibility index (Phi) is 5.96. The summed E-state index contributed by atoms with van der Waals surface area (Å²) in [5.41, 5.74) is 4.47. The first-order valence-electron chi connectivity index (χ1n) is 11.6. The monoisotopic (exact) mass is 499 g/mol. The van der Waals surface area contributed by atoms with E-state index in [9.17, 15) is 23.4 Å². The Balaban J connectivity index is 1.42. The number of H-pyrrole nitrogens is 2. The Morgan fingerprint density at radius 1 is 1.23 bits per heavy atom. The maximum atomic E-state index is 13.0. The molecule has 2 aromatic heterocycles. The zero-order valence-electron chi connectivity index (χ0n) is 19.5. The molecule has 0 saturated heterocycles. The van der Waals surface area contributed by atoms with E-state index in [-0.39, 0.29) is 23.2 Å². The fraction of sp³-hybridized carbons (Fsp3) is 0.375. The van der Waals surface area contributed by atoms with Crippen LogP contribution in [0.2, 0.25) is 0 Å². The van der Waals surface area contributed by atoms with Gasteiger partial charge in [-0.3, -0.25) is 4.79 Å². The van der Waals surface area contributed by atoms with Crippen molar-refractivity contribution in [3.8, 4) is 5.88 Å². The van der Waals surface area contributed by atoms with Gasteiger partial charge in [-0.15, -0.1) is 0 Å². The molecule has 35 heavy (non-hydrogen) atoms. The number of aryl methyl sites for hydroxylation is 1. The van der Waals surface area contributed by atoms with Gasteiger partial charge in [0.15, 0.2) is 5.88 Å². The van der Waals surface area contributed by atoms with E-state index in [1.54, 1.807) is 6.07 Å². The van der Waals surface area contributed by atoms with E-state index in [1.165, 1.54) is 19.2 Å². The number of aliphatic hydroxyl groups excluding tert-OH is 1. The highest BCUT2D eigenvalue weighted by molar-refractivity contribution is 7.89. The van der Waals surface area contributed by atoms with Gasteiger partial charge in [0, 0.05) is 41.3 Å². The number of carbonyl (C=O) groups is 1. The van der Waals surface area contributed by atoms with Crippen LogP contribution in [0.1, 0.15) is 45.7 Å². The molecule has 1 atom stereocenters. The fourth-order valence-corrected chi connectivity index (χ4v) is 5.38. The number of amides is 1. The zero-order valence-corrected chi connectivity index (χ0v) is 20.3. The molecule has 1 fully saturated rings. The normalized spacial score (nSPS) is 16.4. The van der Waals surface area contributed by atoms with Gasteiger partial charge < -0.3 is 30.8 Å². The molecule has 2 aliphatic carbocycles. The highest BCUT2D eigenvalue weighted by Gasteiger charge is 2.30. The average molecular weight is 500 g/mol. The van der Waals surface area contributed by atoms with E-state index < -0.39 is 16.1 Å². The Morgan fingerprint density at radius 2 is 2.00 bits per heavy atom. The van der Waals surface area contributed by atoms with Crippen molar-refractivity contribution in [2.75, 3.05) is 20.1 Å². The number of aromatic amines is 2. The van der Waals surface area contributed by atoms with Crippen LogP contribution in [-0.4, -0.2) is 66.8 Å². The quantitative estimate of drug-likeness (QED) is 0.235. The van der Waals surface area contributed by atoms with E-state index in [0.29, 0.717) is 58.0 Å². The van der Waals surface area contributed by atoms with E-state index in [1.807, 2.05) is 13.0 Å². The summed E-state index contributed by atoms with van der Waals surface area (Å²) in [5, 5.41) is 27.5. The second-order valence-electron chi connectivity index (χ2n) is 9.11. The van der Waals surface area contributed by atoms with Crippen LogP contribution in [0.5, 0.6) is 5.88 Å². The summed E-state index contributed by atoms with van der Waals surface area (Å²) in [4.78, 5) is 19.2. The van der Waals surface area contributed by atoms with Crippen LogP contribution in [0.25, 0.3) is 16.5 Å². The predicted molar refractivity (Wildman–Crippen MR) is 132 cm³/mol. The lowest BCUT2D eigenvalue weighted by molar-refractivity contribution is 0.0914. The van der Waals surface area contributed by atoms with Crippen molar-refractivity contribution < 1.29 is 23.4 Å². The largest absolute Gasteiger partial charge is 0.494 e. The lowest BCUT2D eigenvalue weighted by Gasteiger charge is -2.13. The van der Waals surface area contributed by atoms with E-state index in [2.05, 4.69) is 25.3 Å². The summed E-state index contributed by atoms with van der Waals surface area (Å²) >= 11 is 0. The second kappa shape index (κ2) is 8.83. The number of hydrogen-bond donors (Lipinski definition) is 7. The molecule has 5 rings (SSSR count). The number of aromatic nitrogens is 2. The number of nitrogens with one attached hydrogen (secondary N) is 5. The van der Waals surface area contributed by atoms with Gasteiger partial charge >= 0.3 is 0 Å². The summed E-state index contributed by atoms with van der Waals surface area (Å²) < 4.78 is 26.9. The number of hydrogen-bond acceptors (Lipinski definition) is 6. The molecular formula is C24H29N5O5S. The van der Waals surface area contributed by atoms with Gasteiger partial charge in [-0.25, -0.2) is 13.1 Å². The Labute approximate surface area is 202 Å². The smallest absolute Gasteiger partial charge is 0.253 e. The first-order chi connectivity index (χ1) is 16.7. The lowest BCUT2D eigenvalue weighted by Crippen LogP contribution is -2.39. The third-order valence-electron chi connectivity index (χ3n) is 6.61. The molecular weight excluding hydrogens is 470 g/mol. The van der Waals surface area contributed by atoms with Crippen LogP contribution in [-0.2, 0) is 16.4 Å². The van der Waals surface area contributed by atoms with Crippen molar-refractivity contribution in [1.82, 2.24) is 25.3 Å². The number of sulfonamides is 1. The molecule has 2 heterocycles. The summed E-state index contributed by atoms with van der Waals surface area (Å²) in [6.07, 6.45) is 3.97. The molecule has 1 unspecified atom stereocenters. The highest BCUT2D eigenvalue weighted by Crippen LogP contribution is 2.42. The molecule has 10 nitrogen and oxygen atoms in total. The molecule has 0 spiro atoms. The molecule has 1 saturated carbocycles. The maximum Gasteiger partial charge on any atom is 0.253 e. The van der Waals surface area contributed by atoms with Crippen LogP contribution in [0.15, 0.2) is 29.2 Å². The van der Waals surface area contributed by atoms with Gasteiger partial charge in [-0.1, -0.05) is 6.08 Å². The predicted octanol–water partition coefficient (Wildman–Crippen LogP) is 1.25. The minimum absolute atomic E-state index is 0.0809. The third kappa shape index (κ3) is 4.36. The van der Waals surface area contributed by atoms with Crippen molar-refractivity contribution in [3.63, 3.8) is 0 Å². The Morgan fingerprint density at radius 3 is 2.71 bits per heavy atom. The number of rotatable bonds is 9. The van der Waals surface area contributed by atoms with Crippen molar-refractivity contribution in [1.29, 1.82) is 0 Å². The molecule has 0 radical (unpaired) electrons. The third-order valence-corrected chi connectivity index (χ3v) is 8.03. The van der Waals surface area contributed by atoms with Crippen molar-refractivity contribution >= 4 is 32.4 Å². The zero-order chi connectivity index (χ0) is 24.9. The molecule has 11 heteroatoms. The summed E-state index contributed by atoms with van der Waals surface area (Å²) in [6.45, 7) is 2.39. The number of aliphatic hydroxyl groups is 1. The first kappa shape index (κ1) is 23.6. The van der Waals surface area contributed by atoms with Gasteiger partial charge in [0.05, 0.1) is 27.8 Å². The van der Waals surface area contributed by atoms with Gasteiger partial charge in [0.2, 0.25) is 10.0 Å². The standard InChI is InChI=1S/C24H29N5O5S/c1-12-20(23(31)27-11-14(30)10-26-13-3-4-13)16-6-7-17(22(16)28-12)21-18-9-15(35(33,34)25-2)5-8-19(18)29-24(21)32/h5,7-9,13-14,25-26,28-30,32H,3-4,6,10-11H2,1-2H3,(H,27,31). The minimum Gasteiger partial charge on any atom is -0.494 e. The average Bonchev–Trinajstić information content (AvgIpc) is 3.38. The van der Waals surface area contributed by atoms with Crippen molar-refractivity contribution in [3.05, 3.63) is 52.4 Å². The summed E-state index contributed by atoms with van der Waals surface area (Å²) in [7, 11) is -2.32. The molecule has 1 amide bonds.